The fraction of sp³-hybridized carbons (Fsp3) is 0.182. The summed E-state index contributed by atoms with van der Waals surface area (Å²) in [6.07, 6.45) is 13.9. The van der Waals surface area contributed by atoms with E-state index in [9.17, 15) is 0 Å². The minimum atomic E-state index is 0.547. The number of fused-ring (bicyclic) bond motifs is 2. The number of hydrogen-bond acceptors (Lipinski definition) is 4. The molecule has 26 heavy (non-hydrogen) atoms. The largest absolute Gasteiger partial charge is 0.323 e. The van der Waals surface area contributed by atoms with Crippen LogP contribution in [-0.2, 0) is 6.54 Å². The van der Waals surface area contributed by atoms with Gasteiger partial charge in [0.1, 0.15) is 5.82 Å². The smallest absolute Gasteiger partial charge is 0.106 e. The molecule has 0 unspecified atom stereocenters. The van der Waals surface area contributed by atoms with Gasteiger partial charge in [-0.2, -0.15) is 0 Å². The van der Waals surface area contributed by atoms with Gasteiger partial charge in [0, 0.05) is 29.2 Å². The van der Waals surface area contributed by atoms with E-state index in [0.29, 0.717) is 12.6 Å². The molecule has 0 amide bonds. The molecule has 1 aromatic carbocycles. The van der Waals surface area contributed by atoms with Gasteiger partial charge in [0.25, 0.3) is 0 Å². The Labute approximate surface area is 152 Å². The predicted molar refractivity (Wildman–Crippen MR) is 105 cm³/mol. The first-order chi connectivity index (χ1) is 12.8. The Bertz CT molecular complexity index is 1070. The highest BCUT2D eigenvalue weighted by Gasteiger charge is 2.39. The van der Waals surface area contributed by atoms with E-state index in [4.69, 9.17) is 6.42 Å². The fourth-order valence-corrected chi connectivity index (χ4v) is 3.75. The van der Waals surface area contributed by atoms with Crippen molar-refractivity contribution in [2.75, 3.05) is 9.80 Å². The van der Waals surface area contributed by atoms with Gasteiger partial charge in [-0.05, 0) is 18.9 Å². The molecule has 0 saturated heterocycles. The van der Waals surface area contributed by atoms with Gasteiger partial charge in [-0.15, -0.1) is 6.42 Å². The maximum Gasteiger partial charge on any atom is 0.106 e. The number of benzene rings is 1. The Kier molecular flexibility index (Phi) is 3.23. The summed E-state index contributed by atoms with van der Waals surface area (Å²) in [5.41, 5.74) is 3.99. The van der Waals surface area contributed by atoms with Crippen molar-refractivity contribution in [2.45, 2.75) is 25.4 Å². The molecule has 1 saturated carbocycles. The molecule has 1 aliphatic carbocycles. The molecule has 5 rings (SSSR count). The van der Waals surface area contributed by atoms with Crippen LogP contribution in [0.15, 0.2) is 61.3 Å². The standard InChI is InChI=1S/C22H18N4/c1-3-18-19-7-5-4-6-16(19)12-24-20(18)14-25-15(2)26(17-8-9-17)21-10-11-23-13-22(21)25/h1,4-7,10-13,17H,2,8-9,14H2. The lowest BCUT2D eigenvalue weighted by molar-refractivity contribution is 0.840. The molecule has 0 N–H and O–H groups in total. The summed E-state index contributed by atoms with van der Waals surface area (Å²) in [6.45, 7) is 4.94. The molecule has 3 aromatic rings. The monoisotopic (exact) mass is 338 g/mol. The molecular formula is C22H18N4. The van der Waals surface area contributed by atoms with Crippen LogP contribution in [0.2, 0.25) is 0 Å². The summed E-state index contributed by atoms with van der Waals surface area (Å²) in [6, 6.07) is 10.7. The zero-order chi connectivity index (χ0) is 17.7. The molecule has 2 aliphatic rings. The van der Waals surface area contributed by atoms with Crippen LogP contribution in [-0.4, -0.2) is 16.0 Å². The number of terminal acetylenes is 1. The third-order valence-corrected chi connectivity index (χ3v) is 5.16. The number of hydrogen-bond donors (Lipinski definition) is 0. The summed E-state index contributed by atoms with van der Waals surface area (Å²) in [5.74, 6) is 3.83. The highest BCUT2D eigenvalue weighted by molar-refractivity contribution is 5.88. The quantitative estimate of drug-likeness (QED) is 0.674. The van der Waals surface area contributed by atoms with E-state index in [-0.39, 0.29) is 0 Å². The van der Waals surface area contributed by atoms with Crippen LogP contribution in [0.4, 0.5) is 11.4 Å². The van der Waals surface area contributed by atoms with Crippen LogP contribution in [0.1, 0.15) is 24.1 Å². The molecule has 4 heteroatoms. The SMILES string of the molecule is C#Cc1c(CN2C(=C)N(C3CC3)c3ccncc32)ncc2ccccc12. The van der Waals surface area contributed by atoms with Crippen molar-refractivity contribution in [1.29, 1.82) is 0 Å². The first-order valence-electron chi connectivity index (χ1n) is 8.81. The summed E-state index contributed by atoms with van der Waals surface area (Å²) in [4.78, 5) is 13.5. The Morgan fingerprint density at radius 3 is 2.81 bits per heavy atom. The minimum Gasteiger partial charge on any atom is -0.323 e. The third-order valence-electron chi connectivity index (χ3n) is 5.16. The Hall–Kier alpha value is -3.32. The van der Waals surface area contributed by atoms with Crippen molar-refractivity contribution in [3.05, 3.63) is 72.6 Å². The predicted octanol–water partition coefficient (Wildman–Crippen LogP) is 4.07. The molecule has 4 nitrogen and oxygen atoms in total. The van der Waals surface area contributed by atoms with Gasteiger partial charge in [0.2, 0.25) is 0 Å². The maximum atomic E-state index is 5.85. The van der Waals surface area contributed by atoms with Crippen molar-refractivity contribution in [3.8, 4) is 12.3 Å². The summed E-state index contributed by atoms with van der Waals surface area (Å²) in [5, 5.41) is 2.13. The molecular weight excluding hydrogens is 320 g/mol. The molecule has 3 heterocycles. The zero-order valence-electron chi connectivity index (χ0n) is 14.4. The summed E-state index contributed by atoms with van der Waals surface area (Å²) in [7, 11) is 0. The average Bonchev–Trinajstić information content (AvgIpc) is 3.47. The first kappa shape index (κ1) is 15.0. The van der Waals surface area contributed by atoms with Gasteiger partial charge in [-0.25, -0.2) is 0 Å². The molecule has 126 valence electrons. The summed E-state index contributed by atoms with van der Waals surface area (Å²) < 4.78 is 0. The lowest BCUT2D eigenvalue weighted by atomic mass is 10.0. The molecule has 0 atom stereocenters. The van der Waals surface area contributed by atoms with Crippen molar-refractivity contribution < 1.29 is 0 Å². The van der Waals surface area contributed by atoms with Crippen molar-refractivity contribution in [3.63, 3.8) is 0 Å². The van der Waals surface area contributed by atoms with Gasteiger partial charge in [-0.3, -0.25) is 9.97 Å². The topological polar surface area (TPSA) is 32.3 Å². The van der Waals surface area contributed by atoms with Crippen molar-refractivity contribution >= 4 is 22.1 Å². The van der Waals surface area contributed by atoms with E-state index in [0.717, 1.165) is 33.5 Å². The van der Waals surface area contributed by atoms with Crippen LogP contribution in [0.3, 0.4) is 0 Å². The number of anilines is 2. The van der Waals surface area contributed by atoms with Gasteiger partial charge in [0.15, 0.2) is 0 Å². The Morgan fingerprint density at radius 1 is 1.15 bits per heavy atom. The van der Waals surface area contributed by atoms with Gasteiger partial charge < -0.3 is 9.80 Å². The van der Waals surface area contributed by atoms with Gasteiger partial charge in [-0.1, -0.05) is 36.8 Å². The molecule has 0 bridgehead atoms. The zero-order valence-corrected chi connectivity index (χ0v) is 14.4. The van der Waals surface area contributed by atoms with Crippen LogP contribution >= 0.6 is 0 Å². The lowest BCUT2D eigenvalue weighted by Gasteiger charge is -2.24. The first-order valence-corrected chi connectivity index (χ1v) is 8.81. The highest BCUT2D eigenvalue weighted by atomic mass is 15.4. The second-order valence-electron chi connectivity index (χ2n) is 6.78. The minimum absolute atomic E-state index is 0.547. The highest BCUT2D eigenvalue weighted by Crippen LogP contribution is 2.47. The van der Waals surface area contributed by atoms with E-state index in [1.165, 1.54) is 18.5 Å². The number of aromatic nitrogens is 2. The number of nitrogens with zero attached hydrogens (tertiary/aromatic N) is 4. The molecule has 1 aliphatic heterocycles. The van der Waals surface area contributed by atoms with E-state index in [2.05, 4.69) is 44.4 Å². The second-order valence-corrected chi connectivity index (χ2v) is 6.78. The number of pyridine rings is 2. The molecule has 0 radical (unpaired) electrons. The maximum absolute atomic E-state index is 5.85. The summed E-state index contributed by atoms with van der Waals surface area (Å²) >= 11 is 0. The Morgan fingerprint density at radius 2 is 2.00 bits per heavy atom. The van der Waals surface area contributed by atoms with Crippen LogP contribution < -0.4 is 9.80 Å². The molecule has 0 spiro atoms. The van der Waals surface area contributed by atoms with Crippen molar-refractivity contribution in [2.24, 2.45) is 0 Å². The van der Waals surface area contributed by atoms with Gasteiger partial charge >= 0.3 is 0 Å². The Balaban J connectivity index is 1.59. The second kappa shape index (κ2) is 5.60. The lowest BCUT2D eigenvalue weighted by Crippen LogP contribution is -2.29. The van der Waals surface area contributed by atoms with E-state index >= 15 is 0 Å². The van der Waals surface area contributed by atoms with Gasteiger partial charge in [0.05, 0.1) is 35.4 Å². The normalized spacial score (nSPS) is 16.0. The van der Waals surface area contributed by atoms with E-state index in [1.54, 1.807) is 0 Å². The van der Waals surface area contributed by atoms with E-state index < -0.39 is 0 Å². The van der Waals surface area contributed by atoms with E-state index in [1.807, 2.05) is 36.8 Å². The average molecular weight is 338 g/mol. The molecule has 1 fully saturated rings. The van der Waals surface area contributed by atoms with Crippen LogP contribution in [0.25, 0.3) is 10.8 Å². The van der Waals surface area contributed by atoms with Crippen LogP contribution in [0.5, 0.6) is 0 Å². The number of rotatable bonds is 3. The fourth-order valence-electron chi connectivity index (χ4n) is 3.75. The van der Waals surface area contributed by atoms with Crippen LogP contribution in [0, 0.1) is 12.3 Å². The van der Waals surface area contributed by atoms with Crippen molar-refractivity contribution in [1.82, 2.24) is 9.97 Å². The third kappa shape index (κ3) is 2.18. The molecule has 2 aromatic heterocycles.